The van der Waals surface area contributed by atoms with Gasteiger partial charge in [0.1, 0.15) is 29.4 Å². The number of hydrogen-bond donors (Lipinski definition) is 1. The number of amides is 1. The van der Waals surface area contributed by atoms with Gasteiger partial charge in [-0.05, 0) is 45.0 Å². The van der Waals surface area contributed by atoms with Crippen LogP contribution in [0.25, 0.3) is 0 Å². The van der Waals surface area contributed by atoms with Crippen LogP contribution in [0.3, 0.4) is 0 Å². The summed E-state index contributed by atoms with van der Waals surface area (Å²) in [5, 5.41) is 2.56. The fourth-order valence-electron chi connectivity index (χ4n) is 3.30. The summed E-state index contributed by atoms with van der Waals surface area (Å²) in [6.45, 7) is 2.56. The lowest BCUT2D eigenvalue weighted by molar-refractivity contribution is -0.216. The van der Waals surface area contributed by atoms with Crippen molar-refractivity contribution in [3.8, 4) is 11.8 Å². The van der Waals surface area contributed by atoms with Gasteiger partial charge in [0, 0.05) is 22.2 Å². The molecule has 1 saturated heterocycles. The maximum Gasteiger partial charge on any atom is 0.302 e. The van der Waals surface area contributed by atoms with E-state index in [1.807, 2.05) is 0 Å². The highest BCUT2D eigenvalue weighted by Crippen LogP contribution is 2.48. The molecule has 30 heavy (non-hydrogen) atoms. The number of carbonyl (C=O) groups is 1. The molecule has 1 heterocycles. The molecule has 0 aromatic heterocycles. The summed E-state index contributed by atoms with van der Waals surface area (Å²) in [5.74, 6) is -1.67. The number of nitrogens with one attached hydrogen (secondary N) is 1. The molecule has 158 valence electrons. The second kappa shape index (κ2) is 7.60. The molecular formula is C22H18ClF4NO2. The first-order valence-corrected chi connectivity index (χ1v) is 9.35. The third-order valence-electron chi connectivity index (χ3n) is 5.10. The lowest BCUT2D eigenvalue weighted by atomic mass is 9.77. The van der Waals surface area contributed by atoms with Gasteiger partial charge in [-0.2, -0.15) is 0 Å². The molecule has 8 heteroatoms. The molecule has 1 fully saturated rings. The summed E-state index contributed by atoms with van der Waals surface area (Å²) in [4.78, 5) is 12.0. The first-order chi connectivity index (χ1) is 13.9. The van der Waals surface area contributed by atoms with Gasteiger partial charge in [-0.1, -0.05) is 29.5 Å². The predicted octanol–water partition coefficient (Wildman–Crippen LogP) is 4.79. The van der Waals surface area contributed by atoms with Crippen molar-refractivity contribution in [3.63, 3.8) is 0 Å². The molecule has 3 rings (SSSR count). The molecular weight excluding hydrogens is 422 g/mol. The monoisotopic (exact) mass is 439 g/mol. The van der Waals surface area contributed by atoms with Crippen LogP contribution in [0.15, 0.2) is 36.4 Å². The number of alkyl halides is 2. The van der Waals surface area contributed by atoms with E-state index in [4.69, 9.17) is 16.3 Å². The molecule has 0 radical (unpaired) electrons. The highest BCUT2D eigenvalue weighted by atomic mass is 35.5. The fourth-order valence-corrected chi connectivity index (χ4v) is 3.49. The molecule has 1 atom stereocenters. The van der Waals surface area contributed by atoms with E-state index in [0.29, 0.717) is 16.7 Å². The van der Waals surface area contributed by atoms with Gasteiger partial charge in [-0.15, -0.1) is 0 Å². The second-order valence-corrected chi connectivity index (χ2v) is 8.06. The fraction of sp³-hybridized carbons (Fsp3) is 0.318. The number of hydrogen-bond acceptors (Lipinski definition) is 2. The van der Waals surface area contributed by atoms with Crippen LogP contribution in [0.5, 0.6) is 0 Å². The normalized spacial score (nSPS) is 22.5. The van der Waals surface area contributed by atoms with Gasteiger partial charge in [-0.3, -0.25) is 4.79 Å². The zero-order valence-electron chi connectivity index (χ0n) is 16.4. The molecule has 1 N–H and O–H groups in total. The van der Waals surface area contributed by atoms with Gasteiger partial charge in [0.15, 0.2) is 0 Å². The Bertz CT molecular complexity index is 1070. The largest absolute Gasteiger partial charge is 0.359 e. The van der Waals surface area contributed by atoms with Crippen molar-refractivity contribution >= 4 is 17.5 Å². The Morgan fingerprint density at radius 2 is 1.77 bits per heavy atom. The SMILES string of the molecule is CC1(C)OCC(=O)NC(C)(c2cc(C#Cc3cccc(Cl)c3)c(F)cc2F)C1(F)F. The first kappa shape index (κ1) is 22.1. The third kappa shape index (κ3) is 3.78. The Morgan fingerprint density at radius 1 is 1.07 bits per heavy atom. The number of halogens is 5. The zero-order valence-corrected chi connectivity index (χ0v) is 17.1. The molecule has 1 aliphatic rings. The van der Waals surface area contributed by atoms with Crippen molar-refractivity contribution in [2.45, 2.75) is 37.8 Å². The smallest absolute Gasteiger partial charge is 0.302 e. The van der Waals surface area contributed by atoms with E-state index < -0.39 is 46.8 Å². The maximum atomic E-state index is 15.4. The minimum atomic E-state index is -3.75. The van der Waals surface area contributed by atoms with Crippen molar-refractivity contribution in [1.82, 2.24) is 5.32 Å². The average Bonchev–Trinajstić information content (AvgIpc) is 2.70. The van der Waals surface area contributed by atoms with E-state index in [1.165, 1.54) is 6.07 Å². The summed E-state index contributed by atoms with van der Waals surface area (Å²) < 4.78 is 64.9. The molecule has 0 aliphatic carbocycles. The van der Waals surface area contributed by atoms with Crippen LogP contribution in [0, 0.1) is 23.5 Å². The summed E-state index contributed by atoms with van der Waals surface area (Å²) in [7, 11) is 0. The number of benzene rings is 2. The molecule has 0 bridgehead atoms. The molecule has 3 nitrogen and oxygen atoms in total. The highest BCUT2D eigenvalue weighted by molar-refractivity contribution is 6.30. The van der Waals surface area contributed by atoms with Crippen LogP contribution in [0.1, 0.15) is 37.5 Å². The topological polar surface area (TPSA) is 38.3 Å². The van der Waals surface area contributed by atoms with Crippen LogP contribution < -0.4 is 5.32 Å². The van der Waals surface area contributed by atoms with Gasteiger partial charge in [0.25, 0.3) is 0 Å². The third-order valence-corrected chi connectivity index (χ3v) is 5.33. The van der Waals surface area contributed by atoms with Gasteiger partial charge < -0.3 is 10.1 Å². The Labute approximate surface area is 176 Å². The average molecular weight is 440 g/mol. The summed E-state index contributed by atoms with van der Waals surface area (Å²) in [5.41, 5.74) is -5.05. The Hall–Kier alpha value is -2.56. The van der Waals surface area contributed by atoms with Gasteiger partial charge in [0.2, 0.25) is 5.91 Å². The Morgan fingerprint density at radius 3 is 2.43 bits per heavy atom. The number of rotatable bonds is 1. The van der Waals surface area contributed by atoms with E-state index >= 15 is 8.78 Å². The molecule has 0 saturated carbocycles. The van der Waals surface area contributed by atoms with Gasteiger partial charge >= 0.3 is 5.92 Å². The molecule has 2 aromatic carbocycles. The van der Waals surface area contributed by atoms with E-state index in [1.54, 1.807) is 18.2 Å². The Balaban J connectivity index is 2.16. The molecule has 1 amide bonds. The quantitative estimate of drug-likeness (QED) is 0.512. The molecule has 2 aromatic rings. The summed E-state index contributed by atoms with van der Waals surface area (Å²) in [6.07, 6.45) is 0. The second-order valence-electron chi connectivity index (χ2n) is 7.62. The highest BCUT2D eigenvalue weighted by Gasteiger charge is 2.64. The Kier molecular flexibility index (Phi) is 5.61. The van der Waals surface area contributed by atoms with Crippen LogP contribution in [0.2, 0.25) is 5.02 Å². The maximum absolute atomic E-state index is 15.4. The molecule has 1 aliphatic heterocycles. The molecule has 1 unspecified atom stereocenters. The molecule has 0 spiro atoms. The zero-order chi connectivity index (χ0) is 22.3. The van der Waals surface area contributed by atoms with Crippen molar-refractivity contribution in [3.05, 3.63) is 69.7 Å². The minimum absolute atomic E-state index is 0.305. The van der Waals surface area contributed by atoms with Crippen molar-refractivity contribution in [2.24, 2.45) is 0 Å². The van der Waals surface area contributed by atoms with E-state index in [9.17, 15) is 13.6 Å². The predicted molar refractivity (Wildman–Crippen MR) is 104 cm³/mol. The van der Waals surface area contributed by atoms with Crippen LogP contribution in [-0.4, -0.2) is 24.0 Å². The van der Waals surface area contributed by atoms with E-state index in [2.05, 4.69) is 17.2 Å². The van der Waals surface area contributed by atoms with Gasteiger partial charge in [0.05, 0.1) is 5.56 Å². The van der Waals surface area contributed by atoms with Crippen molar-refractivity contribution < 1.29 is 27.1 Å². The lowest BCUT2D eigenvalue weighted by Gasteiger charge is -2.43. The summed E-state index contributed by atoms with van der Waals surface area (Å²) in [6, 6.07) is 7.80. The van der Waals surface area contributed by atoms with Crippen LogP contribution in [-0.2, 0) is 15.1 Å². The lowest BCUT2D eigenvalue weighted by Crippen LogP contribution is -2.62. The summed E-state index contributed by atoms with van der Waals surface area (Å²) >= 11 is 5.88. The van der Waals surface area contributed by atoms with Crippen LogP contribution in [0.4, 0.5) is 17.6 Å². The number of carbonyl (C=O) groups excluding carboxylic acids is 1. The van der Waals surface area contributed by atoms with Gasteiger partial charge in [-0.25, -0.2) is 17.6 Å². The van der Waals surface area contributed by atoms with Crippen molar-refractivity contribution in [2.75, 3.05) is 6.61 Å². The van der Waals surface area contributed by atoms with E-state index in [0.717, 1.165) is 26.8 Å². The standard InChI is InChI=1S/C22H18ClF4NO2/c1-20(2)22(26,27)21(3,28-19(29)12-30-20)16-10-14(17(24)11-18(16)25)8-7-13-5-4-6-15(23)9-13/h4-6,9-11H,12H2,1-3H3,(H,28,29). The number of ether oxygens (including phenoxy) is 1. The minimum Gasteiger partial charge on any atom is -0.359 e. The van der Waals surface area contributed by atoms with Crippen LogP contribution >= 0.6 is 11.6 Å². The van der Waals surface area contributed by atoms with Crippen molar-refractivity contribution in [1.29, 1.82) is 0 Å². The first-order valence-electron chi connectivity index (χ1n) is 8.97. The van der Waals surface area contributed by atoms with E-state index in [-0.39, 0.29) is 5.56 Å².